The molecule has 40 heavy (non-hydrogen) atoms. The maximum absolute atomic E-state index is 12.5. The second-order valence-electron chi connectivity index (χ2n) is 10.8. The van der Waals surface area contributed by atoms with Crippen LogP contribution in [0.4, 0.5) is 4.79 Å². The Balaban J connectivity index is 0.000000230. The van der Waals surface area contributed by atoms with E-state index in [1.165, 1.54) is 0 Å². The van der Waals surface area contributed by atoms with Crippen LogP contribution < -0.4 is 5.32 Å². The number of carbonyl (C=O) groups is 2. The van der Waals surface area contributed by atoms with Crippen molar-refractivity contribution >= 4 is 43.9 Å². The fourth-order valence-electron chi connectivity index (χ4n) is 4.27. The Morgan fingerprint density at radius 3 is 2.02 bits per heavy atom. The van der Waals surface area contributed by atoms with Gasteiger partial charge in [-0.05, 0) is 69.0 Å². The quantitative estimate of drug-likeness (QED) is 0.423. The van der Waals surface area contributed by atoms with Crippen LogP contribution in [-0.4, -0.2) is 90.0 Å². The molecular formula is C29H38Br2N2O7. The molecule has 0 aromatic heterocycles. The van der Waals surface area contributed by atoms with Crippen LogP contribution >= 0.6 is 31.9 Å². The van der Waals surface area contributed by atoms with Gasteiger partial charge in [-0.2, -0.15) is 0 Å². The van der Waals surface area contributed by atoms with Crippen LogP contribution in [0.5, 0.6) is 0 Å². The molecule has 9 nitrogen and oxygen atoms in total. The number of nitrogens with one attached hydrogen (secondary N) is 1. The largest absolute Gasteiger partial charge is 0.444 e. The number of hydrogen-bond acceptors (Lipinski definition) is 7. The summed E-state index contributed by atoms with van der Waals surface area (Å²) >= 11 is 6.79. The molecule has 220 valence electrons. The molecule has 0 spiro atoms. The maximum atomic E-state index is 12.5. The second-order valence-corrected chi connectivity index (χ2v) is 12.6. The number of benzene rings is 2. The van der Waals surface area contributed by atoms with Crippen molar-refractivity contribution in [1.82, 2.24) is 10.2 Å². The van der Waals surface area contributed by atoms with Crippen LogP contribution in [0.1, 0.15) is 31.9 Å². The Hall–Kier alpha value is -2.02. The Morgan fingerprint density at radius 2 is 1.52 bits per heavy atom. The number of nitrogens with zero attached hydrogens (tertiary/aromatic N) is 1. The van der Waals surface area contributed by atoms with E-state index in [4.69, 9.17) is 19.3 Å². The molecule has 2 aliphatic rings. The van der Waals surface area contributed by atoms with E-state index < -0.39 is 11.7 Å². The lowest BCUT2D eigenvalue weighted by atomic mass is 10.0. The number of carbonyl (C=O) groups excluding carboxylic acids is 2. The lowest BCUT2D eigenvalue weighted by Gasteiger charge is -2.39. The number of halogens is 2. The molecule has 0 saturated carbocycles. The van der Waals surface area contributed by atoms with Gasteiger partial charge < -0.3 is 29.7 Å². The highest BCUT2D eigenvalue weighted by atomic mass is 79.9. The fourth-order valence-corrected chi connectivity index (χ4v) is 4.80. The van der Waals surface area contributed by atoms with Crippen LogP contribution in [-0.2, 0) is 31.8 Å². The molecule has 4 atom stereocenters. The van der Waals surface area contributed by atoms with Crippen LogP contribution in [0.3, 0.4) is 0 Å². The molecule has 3 N–H and O–H groups in total. The van der Waals surface area contributed by atoms with Crippen molar-refractivity contribution < 1.29 is 34.0 Å². The first-order chi connectivity index (χ1) is 19.0. The minimum Gasteiger partial charge on any atom is -0.444 e. The van der Waals surface area contributed by atoms with E-state index in [9.17, 15) is 14.7 Å². The third kappa shape index (κ3) is 10.4. The van der Waals surface area contributed by atoms with Crippen molar-refractivity contribution in [2.24, 2.45) is 0 Å². The van der Waals surface area contributed by atoms with Crippen molar-refractivity contribution in [1.29, 1.82) is 0 Å². The molecule has 0 radical (unpaired) electrons. The van der Waals surface area contributed by atoms with E-state index in [-0.39, 0.29) is 43.4 Å². The molecule has 2 heterocycles. The van der Waals surface area contributed by atoms with E-state index in [0.29, 0.717) is 26.2 Å². The van der Waals surface area contributed by atoms with Gasteiger partial charge in [0, 0.05) is 8.95 Å². The molecule has 0 unspecified atom stereocenters. The smallest absolute Gasteiger partial charge is 0.410 e. The van der Waals surface area contributed by atoms with Crippen molar-refractivity contribution in [2.45, 2.75) is 63.5 Å². The summed E-state index contributed by atoms with van der Waals surface area (Å²) in [6.45, 7) is 6.33. The standard InChI is InChI=1S/C17H24BrNO4.C12H14BrNO3/c1-17(2,3)23-16(21)19-9-15(10-20)22-11-14(19)8-12-4-6-13(18)7-5-12;13-9-3-1-8(2-4-9)5-10-7-17-11(6-15)12(16)14-10/h4-7,14-15,20H,8-11H2,1-3H3;1-4,10-11,15H,5-7H2,(H,14,16)/t14-,15+;10-,11-/m00/s1. The van der Waals surface area contributed by atoms with Gasteiger partial charge in [0.1, 0.15) is 5.60 Å². The molecule has 2 amide bonds. The highest BCUT2D eigenvalue weighted by Crippen LogP contribution is 2.21. The van der Waals surface area contributed by atoms with E-state index >= 15 is 0 Å². The second kappa shape index (κ2) is 15.3. The number of aliphatic hydroxyl groups is 2. The summed E-state index contributed by atoms with van der Waals surface area (Å²) in [5.41, 5.74) is 1.72. The Bertz CT molecular complexity index is 1090. The lowest BCUT2D eigenvalue weighted by molar-refractivity contribution is -0.143. The van der Waals surface area contributed by atoms with Gasteiger partial charge in [0.15, 0.2) is 6.10 Å². The molecule has 4 rings (SSSR count). The Morgan fingerprint density at radius 1 is 0.950 bits per heavy atom. The summed E-state index contributed by atoms with van der Waals surface area (Å²) in [6.07, 6.45) is -0.0109. The maximum Gasteiger partial charge on any atom is 0.410 e. The summed E-state index contributed by atoms with van der Waals surface area (Å²) in [7, 11) is 0. The molecule has 2 aromatic carbocycles. The van der Waals surface area contributed by atoms with Gasteiger partial charge in [0.05, 0.1) is 51.2 Å². The minimum absolute atomic E-state index is 0.0218. The third-order valence-electron chi connectivity index (χ3n) is 6.28. The van der Waals surface area contributed by atoms with Gasteiger partial charge in [-0.15, -0.1) is 0 Å². The molecule has 11 heteroatoms. The average molecular weight is 686 g/mol. The number of aliphatic hydroxyl groups excluding tert-OH is 2. The van der Waals surface area contributed by atoms with Gasteiger partial charge in [-0.3, -0.25) is 9.69 Å². The van der Waals surface area contributed by atoms with Gasteiger partial charge in [-0.1, -0.05) is 56.1 Å². The molecule has 0 aliphatic carbocycles. The molecule has 2 fully saturated rings. The molecule has 0 bridgehead atoms. The normalized spacial score (nSPS) is 23.1. The highest BCUT2D eigenvalue weighted by Gasteiger charge is 2.35. The number of morpholine rings is 2. The zero-order valence-corrected chi connectivity index (χ0v) is 26.2. The SMILES string of the molecule is CC(C)(C)OC(=O)N1C[C@H](CO)OC[C@@H]1Cc1ccc(Br)cc1.O=C1N[C@@H](Cc2ccc(Br)cc2)CO[C@H]1CO. The van der Waals surface area contributed by atoms with Crippen molar-refractivity contribution in [3.63, 3.8) is 0 Å². The summed E-state index contributed by atoms with van der Waals surface area (Å²) < 4.78 is 18.5. The fraction of sp³-hybridized carbons (Fsp3) is 0.517. The predicted octanol–water partition coefficient (Wildman–Crippen LogP) is 3.86. The zero-order valence-electron chi connectivity index (χ0n) is 23.0. The van der Waals surface area contributed by atoms with Gasteiger partial charge in [-0.25, -0.2) is 4.79 Å². The monoisotopic (exact) mass is 684 g/mol. The zero-order chi connectivity index (χ0) is 29.3. The first-order valence-electron chi connectivity index (χ1n) is 13.2. The molecular weight excluding hydrogens is 648 g/mol. The lowest BCUT2D eigenvalue weighted by Crippen LogP contribution is -2.55. The first-order valence-corrected chi connectivity index (χ1v) is 14.8. The van der Waals surface area contributed by atoms with E-state index in [1.54, 1.807) is 4.90 Å². The predicted molar refractivity (Wildman–Crippen MR) is 158 cm³/mol. The summed E-state index contributed by atoms with van der Waals surface area (Å²) in [6, 6.07) is 15.8. The van der Waals surface area contributed by atoms with Crippen molar-refractivity contribution in [3.8, 4) is 0 Å². The number of amides is 2. The third-order valence-corrected chi connectivity index (χ3v) is 7.34. The summed E-state index contributed by atoms with van der Waals surface area (Å²) in [5, 5.41) is 21.0. The summed E-state index contributed by atoms with van der Waals surface area (Å²) in [5.74, 6) is -0.235. The number of hydrogen-bond donors (Lipinski definition) is 3. The molecule has 2 aromatic rings. The highest BCUT2D eigenvalue weighted by molar-refractivity contribution is 9.10. The van der Waals surface area contributed by atoms with Gasteiger partial charge >= 0.3 is 6.09 Å². The minimum atomic E-state index is -0.712. The average Bonchev–Trinajstić information content (AvgIpc) is 2.91. The van der Waals surface area contributed by atoms with Crippen LogP contribution in [0.25, 0.3) is 0 Å². The van der Waals surface area contributed by atoms with Crippen molar-refractivity contribution in [3.05, 3.63) is 68.6 Å². The first kappa shape index (κ1) is 32.5. The molecule has 2 saturated heterocycles. The van der Waals surface area contributed by atoms with Crippen LogP contribution in [0.2, 0.25) is 0 Å². The number of ether oxygens (including phenoxy) is 3. The van der Waals surface area contributed by atoms with Gasteiger partial charge in [0.2, 0.25) is 0 Å². The van der Waals surface area contributed by atoms with Crippen LogP contribution in [0.15, 0.2) is 57.5 Å². The number of rotatable bonds is 6. The Labute approximate surface area is 252 Å². The Kier molecular flexibility index (Phi) is 12.4. The van der Waals surface area contributed by atoms with Crippen LogP contribution in [0, 0.1) is 0 Å². The topological polar surface area (TPSA) is 118 Å². The van der Waals surface area contributed by atoms with E-state index in [0.717, 1.165) is 26.5 Å². The summed E-state index contributed by atoms with van der Waals surface area (Å²) in [4.78, 5) is 25.6. The van der Waals surface area contributed by atoms with E-state index in [1.807, 2.05) is 69.3 Å². The molecule has 2 aliphatic heterocycles. The van der Waals surface area contributed by atoms with Gasteiger partial charge in [0.25, 0.3) is 5.91 Å². The van der Waals surface area contributed by atoms with Crippen molar-refractivity contribution in [2.75, 3.05) is 33.0 Å². The van der Waals surface area contributed by atoms with E-state index in [2.05, 4.69) is 37.2 Å².